The Bertz CT molecular complexity index is 285. The molecule has 0 aliphatic rings. The van der Waals surface area contributed by atoms with Gasteiger partial charge in [-0.25, -0.2) is 5.43 Å². The molecule has 0 aliphatic heterocycles. The fourth-order valence-corrected chi connectivity index (χ4v) is 1.83. The SMILES string of the molecule is CC(C)C(C)C(NN)c1occc1Br. The zero-order valence-corrected chi connectivity index (χ0v) is 10.3. The molecule has 0 amide bonds. The average molecular weight is 261 g/mol. The third-order valence-electron chi connectivity index (χ3n) is 2.68. The maximum absolute atomic E-state index is 5.54. The first kappa shape index (κ1) is 11.8. The Balaban J connectivity index is 2.87. The fourth-order valence-electron chi connectivity index (χ4n) is 1.38. The maximum atomic E-state index is 5.54. The monoisotopic (exact) mass is 260 g/mol. The van der Waals surface area contributed by atoms with Crippen LogP contribution in [0.15, 0.2) is 21.2 Å². The van der Waals surface area contributed by atoms with Crippen LogP contribution in [-0.2, 0) is 0 Å². The molecule has 80 valence electrons. The molecule has 1 heterocycles. The predicted molar refractivity (Wildman–Crippen MR) is 60.5 cm³/mol. The molecular formula is C10H17BrN2O. The number of hydrogen-bond donors (Lipinski definition) is 2. The van der Waals surface area contributed by atoms with Crippen LogP contribution in [0.1, 0.15) is 32.6 Å². The molecule has 2 unspecified atom stereocenters. The van der Waals surface area contributed by atoms with Gasteiger partial charge in [0.25, 0.3) is 0 Å². The standard InChI is InChI=1S/C10H17BrN2O/c1-6(2)7(3)9(13-12)10-8(11)4-5-14-10/h4-7,9,13H,12H2,1-3H3. The summed E-state index contributed by atoms with van der Waals surface area (Å²) < 4.78 is 6.36. The summed E-state index contributed by atoms with van der Waals surface area (Å²) in [7, 11) is 0. The predicted octanol–water partition coefficient (Wildman–Crippen LogP) is 2.84. The van der Waals surface area contributed by atoms with Gasteiger partial charge in [0.1, 0.15) is 5.76 Å². The van der Waals surface area contributed by atoms with Gasteiger partial charge in [-0.3, -0.25) is 5.84 Å². The molecule has 3 nitrogen and oxygen atoms in total. The first-order valence-corrected chi connectivity index (χ1v) is 5.56. The molecule has 1 aromatic heterocycles. The minimum absolute atomic E-state index is 0.0550. The van der Waals surface area contributed by atoms with Crippen molar-refractivity contribution in [2.45, 2.75) is 26.8 Å². The van der Waals surface area contributed by atoms with E-state index in [1.54, 1.807) is 6.26 Å². The van der Waals surface area contributed by atoms with Crippen LogP contribution in [-0.4, -0.2) is 0 Å². The van der Waals surface area contributed by atoms with E-state index in [4.69, 9.17) is 10.3 Å². The molecule has 0 radical (unpaired) electrons. The van der Waals surface area contributed by atoms with Gasteiger partial charge in [-0.2, -0.15) is 0 Å². The summed E-state index contributed by atoms with van der Waals surface area (Å²) in [5.41, 5.74) is 2.80. The lowest BCUT2D eigenvalue weighted by Crippen LogP contribution is -2.34. The van der Waals surface area contributed by atoms with Gasteiger partial charge in [0.15, 0.2) is 0 Å². The summed E-state index contributed by atoms with van der Waals surface area (Å²) >= 11 is 3.44. The Morgan fingerprint density at radius 2 is 2.07 bits per heavy atom. The molecule has 14 heavy (non-hydrogen) atoms. The van der Waals surface area contributed by atoms with Crippen LogP contribution in [0.3, 0.4) is 0 Å². The van der Waals surface area contributed by atoms with Crippen LogP contribution in [0.5, 0.6) is 0 Å². The van der Waals surface area contributed by atoms with E-state index < -0.39 is 0 Å². The van der Waals surface area contributed by atoms with Gasteiger partial charge >= 0.3 is 0 Å². The van der Waals surface area contributed by atoms with Crippen molar-refractivity contribution in [1.82, 2.24) is 5.43 Å². The highest BCUT2D eigenvalue weighted by Crippen LogP contribution is 2.32. The van der Waals surface area contributed by atoms with Gasteiger partial charge in [0.05, 0.1) is 16.8 Å². The van der Waals surface area contributed by atoms with Gasteiger partial charge in [-0.15, -0.1) is 0 Å². The lowest BCUT2D eigenvalue weighted by atomic mass is 9.89. The lowest BCUT2D eigenvalue weighted by molar-refractivity contribution is 0.268. The normalized spacial score (nSPS) is 15.9. The number of hydrogen-bond acceptors (Lipinski definition) is 3. The van der Waals surface area contributed by atoms with Crippen molar-refractivity contribution in [1.29, 1.82) is 0 Å². The number of furan rings is 1. The first-order chi connectivity index (χ1) is 6.57. The highest BCUT2D eigenvalue weighted by molar-refractivity contribution is 9.10. The summed E-state index contributed by atoms with van der Waals surface area (Å²) in [5.74, 6) is 7.38. The summed E-state index contributed by atoms with van der Waals surface area (Å²) in [4.78, 5) is 0. The van der Waals surface area contributed by atoms with Gasteiger partial charge < -0.3 is 4.42 Å². The molecule has 0 aliphatic carbocycles. The number of halogens is 1. The van der Waals surface area contributed by atoms with Crippen LogP contribution in [0.2, 0.25) is 0 Å². The van der Waals surface area contributed by atoms with E-state index in [0.717, 1.165) is 10.2 Å². The summed E-state index contributed by atoms with van der Waals surface area (Å²) in [6, 6.07) is 1.94. The highest BCUT2D eigenvalue weighted by Gasteiger charge is 2.25. The largest absolute Gasteiger partial charge is 0.466 e. The van der Waals surface area contributed by atoms with Crippen molar-refractivity contribution in [2.24, 2.45) is 17.7 Å². The highest BCUT2D eigenvalue weighted by atomic mass is 79.9. The van der Waals surface area contributed by atoms with Crippen molar-refractivity contribution in [3.8, 4) is 0 Å². The fraction of sp³-hybridized carbons (Fsp3) is 0.600. The molecule has 2 atom stereocenters. The molecule has 0 spiro atoms. The van der Waals surface area contributed by atoms with Gasteiger partial charge in [0.2, 0.25) is 0 Å². The van der Waals surface area contributed by atoms with E-state index in [1.165, 1.54) is 0 Å². The Labute approximate surface area is 93.1 Å². The second kappa shape index (κ2) is 4.96. The van der Waals surface area contributed by atoms with Gasteiger partial charge in [-0.05, 0) is 33.8 Å². The molecule has 1 rings (SSSR count). The third-order valence-corrected chi connectivity index (χ3v) is 3.34. The van der Waals surface area contributed by atoms with Gasteiger partial charge in [0, 0.05) is 0 Å². The van der Waals surface area contributed by atoms with E-state index in [0.29, 0.717) is 11.8 Å². The van der Waals surface area contributed by atoms with Gasteiger partial charge in [-0.1, -0.05) is 20.8 Å². The Kier molecular flexibility index (Phi) is 4.16. The van der Waals surface area contributed by atoms with Crippen LogP contribution >= 0.6 is 15.9 Å². The molecule has 0 saturated heterocycles. The zero-order valence-electron chi connectivity index (χ0n) is 8.75. The van der Waals surface area contributed by atoms with E-state index in [-0.39, 0.29) is 6.04 Å². The van der Waals surface area contributed by atoms with E-state index >= 15 is 0 Å². The number of nitrogens with two attached hydrogens (primary N) is 1. The number of rotatable bonds is 4. The van der Waals surface area contributed by atoms with Crippen molar-refractivity contribution >= 4 is 15.9 Å². The third kappa shape index (κ3) is 2.38. The van der Waals surface area contributed by atoms with E-state index in [9.17, 15) is 0 Å². The van der Waals surface area contributed by atoms with Crippen LogP contribution in [0.4, 0.5) is 0 Å². The Morgan fingerprint density at radius 1 is 1.43 bits per heavy atom. The molecule has 3 N–H and O–H groups in total. The zero-order chi connectivity index (χ0) is 10.7. The molecule has 1 aromatic rings. The van der Waals surface area contributed by atoms with E-state index in [2.05, 4.69) is 42.1 Å². The molecule has 0 aromatic carbocycles. The molecule has 0 bridgehead atoms. The Hall–Kier alpha value is -0.320. The van der Waals surface area contributed by atoms with Crippen molar-refractivity contribution < 1.29 is 4.42 Å². The minimum atomic E-state index is 0.0550. The second-order valence-corrected chi connectivity index (χ2v) is 4.73. The van der Waals surface area contributed by atoms with Crippen molar-refractivity contribution in [3.05, 3.63) is 22.6 Å². The van der Waals surface area contributed by atoms with Crippen LogP contribution in [0, 0.1) is 11.8 Å². The minimum Gasteiger partial charge on any atom is -0.466 e. The second-order valence-electron chi connectivity index (χ2n) is 3.88. The summed E-state index contributed by atoms with van der Waals surface area (Å²) in [6.07, 6.45) is 1.66. The molecule has 0 saturated carbocycles. The van der Waals surface area contributed by atoms with Crippen molar-refractivity contribution in [3.63, 3.8) is 0 Å². The molecule has 0 fully saturated rings. The summed E-state index contributed by atoms with van der Waals surface area (Å²) in [5, 5.41) is 0. The smallest absolute Gasteiger partial charge is 0.136 e. The first-order valence-electron chi connectivity index (χ1n) is 4.77. The topological polar surface area (TPSA) is 51.2 Å². The number of hydrazine groups is 1. The molecule has 4 heteroatoms. The molecular weight excluding hydrogens is 244 g/mol. The van der Waals surface area contributed by atoms with E-state index in [1.807, 2.05) is 6.07 Å². The summed E-state index contributed by atoms with van der Waals surface area (Å²) in [6.45, 7) is 6.50. The maximum Gasteiger partial charge on any atom is 0.136 e. The van der Waals surface area contributed by atoms with Crippen molar-refractivity contribution in [2.75, 3.05) is 0 Å². The Morgan fingerprint density at radius 3 is 2.43 bits per heavy atom. The van der Waals surface area contributed by atoms with Crippen LogP contribution in [0.25, 0.3) is 0 Å². The number of nitrogens with one attached hydrogen (secondary N) is 1. The lowest BCUT2D eigenvalue weighted by Gasteiger charge is -2.24. The quantitative estimate of drug-likeness (QED) is 0.647. The average Bonchev–Trinajstić information content (AvgIpc) is 2.53. The van der Waals surface area contributed by atoms with Crippen LogP contribution < -0.4 is 11.3 Å².